The lowest BCUT2D eigenvalue weighted by molar-refractivity contribution is -0.384. The molecule has 0 unspecified atom stereocenters. The lowest BCUT2D eigenvalue weighted by atomic mass is 10.2. The number of hydrogen-bond acceptors (Lipinski definition) is 6. The van der Waals surface area contributed by atoms with Crippen LogP contribution >= 0.6 is 0 Å². The zero-order chi connectivity index (χ0) is 20.0. The van der Waals surface area contributed by atoms with Crippen LogP contribution in [0.2, 0.25) is 0 Å². The van der Waals surface area contributed by atoms with Crippen molar-refractivity contribution < 1.29 is 19.2 Å². The van der Waals surface area contributed by atoms with E-state index in [9.17, 15) is 19.7 Å². The lowest BCUT2D eigenvalue weighted by Crippen LogP contribution is -2.51. The molecule has 0 atom stereocenters. The molecule has 1 aromatic carbocycles. The molecule has 2 amide bonds. The van der Waals surface area contributed by atoms with E-state index in [-0.39, 0.29) is 24.1 Å². The fourth-order valence-electron chi connectivity index (χ4n) is 2.71. The highest BCUT2D eigenvalue weighted by Crippen LogP contribution is 2.23. The predicted octanol–water partition coefficient (Wildman–Crippen LogP) is 2.48. The van der Waals surface area contributed by atoms with Crippen LogP contribution in [0.15, 0.2) is 24.3 Å². The van der Waals surface area contributed by atoms with E-state index in [2.05, 4.69) is 5.32 Å². The second-order valence-electron chi connectivity index (χ2n) is 7.30. The number of hydrogen-bond donors (Lipinski definition) is 1. The Morgan fingerprint density at radius 1 is 1.15 bits per heavy atom. The van der Waals surface area contributed by atoms with Crippen LogP contribution in [0.4, 0.5) is 16.2 Å². The topological polar surface area (TPSA) is 105 Å². The number of benzene rings is 1. The maximum absolute atomic E-state index is 12.3. The minimum atomic E-state index is -0.546. The molecule has 0 spiro atoms. The number of carbonyl (C=O) groups is 2. The lowest BCUT2D eigenvalue weighted by Gasteiger charge is -2.35. The Labute approximate surface area is 158 Å². The maximum atomic E-state index is 12.3. The summed E-state index contributed by atoms with van der Waals surface area (Å²) < 4.78 is 5.34. The van der Waals surface area contributed by atoms with E-state index in [0.29, 0.717) is 38.4 Å². The Morgan fingerprint density at radius 2 is 1.74 bits per heavy atom. The molecule has 0 saturated carbocycles. The molecule has 2 rings (SSSR count). The average molecular weight is 378 g/mol. The first kappa shape index (κ1) is 20.5. The van der Waals surface area contributed by atoms with Gasteiger partial charge in [0.15, 0.2) is 0 Å². The van der Waals surface area contributed by atoms with Crippen molar-refractivity contribution in [2.45, 2.75) is 32.8 Å². The van der Waals surface area contributed by atoms with Crippen LogP contribution in [0.25, 0.3) is 0 Å². The summed E-state index contributed by atoms with van der Waals surface area (Å²) in [6.07, 6.45) is -0.147. The summed E-state index contributed by atoms with van der Waals surface area (Å²) in [6, 6.07) is 6.33. The fourth-order valence-corrected chi connectivity index (χ4v) is 2.71. The van der Waals surface area contributed by atoms with Gasteiger partial charge in [0.25, 0.3) is 5.69 Å². The van der Waals surface area contributed by atoms with Crippen LogP contribution < -0.4 is 5.32 Å². The normalized spacial score (nSPS) is 14.6. The van der Waals surface area contributed by atoms with Gasteiger partial charge in [-0.15, -0.1) is 0 Å². The van der Waals surface area contributed by atoms with Gasteiger partial charge in [-0.3, -0.25) is 14.9 Å². The quantitative estimate of drug-likeness (QED) is 0.623. The molecular weight excluding hydrogens is 352 g/mol. The third-order valence-electron chi connectivity index (χ3n) is 4.04. The van der Waals surface area contributed by atoms with Crippen molar-refractivity contribution in [2.24, 2.45) is 0 Å². The van der Waals surface area contributed by atoms with Gasteiger partial charge in [0, 0.05) is 45.2 Å². The molecule has 1 N–H and O–H groups in total. The summed E-state index contributed by atoms with van der Waals surface area (Å²) in [5, 5.41) is 13.9. The van der Waals surface area contributed by atoms with Crippen LogP contribution in [-0.2, 0) is 9.53 Å². The summed E-state index contributed by atoms with van der Waals surface area (Å²) in [7, 11) is 0. The third kappa shape index (κ3) is 6.12. The molecule has 9 heteroatoms. The number of carbonyl (C=O) groups excluding carboxylic acids is 2. The van der Waals surface area contributed by atoms with Gasteiger partial charge < -0.3 is 19.9 Å². The number of anilines is 1. The van der Waals surface area contributed by atoms with Crippen molar-refractivity contribution in [1.29, 1.82) is 0 Å². The average Bonchev–Trinajstić information content (AvgIpc) is 2.60. The SMILES string of the molecule is CC(C)(C)OC(=O)N1CCN(C(=O)CCNc2ccccc2[N+](=O)[O-])CC1. The second-order valence-corrected chi connectivity index (χ2v) is 7.30. The predicted molar refractivity (Wildman–Crippen MR) is 101 cm³/mol. The van der Waals surface area contributed by atoms with Crippen molar-refractivity contribution in [1.82, 2.24) is 9.80 Å². The van der Waals surface area contributed by atoms with E-state index in [1.165, 1.54) is 6.07 Å². The summed E-state index contributed by atoms with van der Waals surface area (Å²) in [5.41, 5.74) is -0.170. The highest BCUT2D eigenvalue weighted by molar-refractivity contribution is 5.77. The molecule has 0 bridgehead atoms. The number of amides is 2. The Hall–Kier alpha value is -2.84. The summed E-state index contributed by atoms with van der Waals surface area (Å²) in [4.78, 5) is 38.2. The standard InChI is InChI=1S/C18H26N4O5/c1-18(2,3)27-17(24)21-12-10-20(11-13-21)16(23)8-9-19-14-6-4-5-7-15(14)22(25)26/h4-7,19H,8-13H2,1-3H3. The van der Waals surface area contributed by atoms with Crippen molar-refractivity contribution >= 4 is 23.4 Å². The van der Waals surface area contributed by atoms with Gasteiger partial charge in [-0.2, -0.15) is 0 Å². The van der Waals surface area contributed by atoms with Crippen LogP contribution in [0.5, 0.6) is 0 Å². The van der Waals surface area contributed by atoms with Gasteiger partial charge in [0.05, 0.1) is 4.92 Å². The van der Waals surface area contributed by atoms with Gasteiger partial charge in [-0.05, 0) is 26.8 Å². The first-order chi connectivity index (χ1) is 12.7. The molecule has 1 aromatic rings. The molecule has 148 valence electrons. The Kier molecular flexibility index (Phi) is 6.59. The van der Waals surface area contributed by atoms with E-state index in [1.54, 1.807) is 28.0 Å². The number of nitro benzene ring substituents is 1. The molecule has 0 radical (unpaired) electrons. The van der Waals surface area contributed by atoms with Gasteiger partial charge in [0.2, 0.25) is 5.91 Å². The maximum Gasteiger partial charge on any atom is 0.410 e. The second kappa shape index (κ2) is 8.70. The number of piperazine rings is 1. The number of nitro groups is 1. The zero-order valence-electron chi connectivity index (χ0n) is 15.9. The smallest absolute Gasteiger partial charge is 0.410 e. The molecule has 1 fully saturated rings. The van der Waals surface area contributed by atoms with E-state index in [4.69, 9.17) is 4.74 Å². The summed E-state index contributed by atoms with van der Waals surface area (Å²) >= 11 is 0. The summed E-state index contributed by atoms with van der Waals surface area (Å²) in [6.45, 7) is 7.50. The minimum absolute atomic E-state index is 0.0177. The number of nitrogens with zero attached hydrogens (tertiary/aromatic N) is 3. The van der Waals surface area contributed by atoms with E-state index >= 15 is 0 Å². The molecule has 0 aliphatic carbocycles. The van der Waals surface area contributed by atoms with Gasteiger partial charge in [-0.25, -0.2) is 4.79 Å². The molecule has 1 aliphatic heterocycles. The van der Waals surface area contributed by atoms with E-state index in [0.717, 1.165) is 0 Å². The Morgan fingerprint density at radius 3 is 2.33 bits per heavy atom. The highest BCUT2D eigenvalue weighted by Gasteiger charge is 2.27. The largest absolute Gasteiger partial charge is 0.444 e. The molecule has 9 nitrogen and oxygen atoms in total. The number of ether oxygens (including phenoxy) is 1. The fraction of sp³-hybridized carbons (Fsp3) is 0.556. The summed E-state index contributed by atoms with van der Waals surface area (Å²) in [5.74, 6) is -0.0510. The molecule has 27 heavy (non-hydrogen) atoms. The number of nitrogens with one attached hydrogen (secondary N) is 1. The molecule has 1 aliphatic rings. The van der Waals surface area contributed by atoms with Gasteiger partial charge in [-0.1, -0.05) is 12.1 Å². The van der Waals surface area contributed by atoms with Crippen molar-refractivity contribution in [3.05, 3.63) is 34.4 Å². The molecular formula is C18H26N4O5. The molecule has 1 heterocycles. The first-order valence-electron chi connectivity index (χ1n) is 8.90. The van der Waals surface area contributed by atoms with Crippen molar-refractivity contribution in [3.63, 3.8) is 0 Å². The van der Waals surface area contributed by atoms with Crippen molar-refractivity contribution in [3.8, 4) is 0 Å². The highest BCUT2D eigenvalue weighted by atomic mass is 16.6. The first-order valence-corrected chi connectivity index (χ1v) is 8.90. The number of rotatable bonds is 5. The monoisotopic (exact) mass is 378 g/mol. The van der Waals surface area contributed by atoms with Crippen molar-refractivity contribution in [2.75, 3.05) is 38.0 Å². The van der Waals surface area contributed by atoms with Gasteiger partial charge >= 0.3 is 6.09 Å². The molecule has 0 aromatic heterocycles. The van der Waals surface area contributed by atoms with Crippen LogP contribution in [0.1, 0.15) is 27.2 Å². The zero-order valence-corrected chi connectivity index (χ0v) is 15.9. The van der Waals surface area contributed by atoms with E-state index < -0.39 is 10.5 Å². The Balaban J connectivity index is 1.77. The minimum Gasteiger partial charge on any atom is -0.444 e. The van der Waals surface area contributed by atoms with Gasteiger partial charge in [0.1, 0.15) is 11.3 Å². The van der Waals surface area contributed by atoms with E-state index in [1.807, 2.05) is 20.8 Å². The van der Waals surface area contributed by atoms with Crippen LogP contribution in [0, 0.1) is 10.1 Å². The third-order valence-corrected chi connectivity index (χ3v) is 4.04. The number of para-hydroxylation sites is 2. The van der Waals surface area contributed by atoms with Crippen LogP contribution in [0.3, 0.4) is 0 Å². The molecule has 1 saturated heterocycles. The Bertz CT molecular complexity index is 693. The van der Waals surface area contributed by atoms with Crippen LogP contribution in [-0.4, -0.2) is 65.0 Å².